The fraction of sp³-hybridized carbons (Fsp3) is 1.00. The van der Waals surface area contributed by atoms with E-state index in [1.165, 1.54) is 51.2 Å². The van der Waals surface area contributed by atoms with Crippen molar-refractivity contribution in [2.45, 2.75) is 64.7 Å². The first kappa shape index (κ1) is 18.0. The number of sulfone groups is 1. The fourth-order valence-corrected chi connectivity index (χ4v) is 4.34. The Morgan fingerprint density at radius 3 is 2.35 bits per heavy atom. The Kier molecular flexibility index (Phi) is 7.52. The lowest BCUT2D eigenvalue weighted by Crippen LogP contribution is -2.36. The molecule has 0 unspecified atom stereocenters. The van der Waals surface area contributed by atoms with E-state index in [-0.39, 0.29) is 0 Å². The Labute approximate surface area is 125 Å². The molecule has 3 nitrogen and oxygen atoms in total. The molecule has 1 saturated carbocycles. The van der Waals surface area contributed by atoms with Gasteiger partial charge in [0.2, 0.25) is 0 Å². The van der Waals surface area contributed by atoms with Crippen LogP contribution in [0.25, 0.3) is 0 Å². The molecule has 1 fully saturated rings. The molecule has 1 aliphatic rings. The first-order valence-corrected chi connectivity index (χ1v) is 10.3. The SMILES string of the molecule is CCCCC1CCC(CCCS(C)(=O)=O)(CNC)CC1. The summed E-state index contributed by atoms with van der Waals surface area (Å²) in [7, 11) is -0.794. The highest BCUT2D eigenvalue weighted by atomic mass is 32.2. The molecule has 4 heteroatoms. The van der Waals surface area contributed by atoms with Crippen molar-refractivity contribution in [3.63, 3.8) is 0 Å². The molecule has 0 heterocycles. The van der Waals surface area contributed by atoms with Crippen LogP contribution in [0.1, 0.15) is 64.7 Å². The zero-order chi connectivity index (χ0) is 15.1. The summed E-state index contributed by atoms with van der Waals surface area (Å²) in [6.07, 6.45) is 12.5. The zero-order valence-corrected chi connectivity index (χ0v) is 14.4. The van der Waals surface area contributed by atoms with E-state index in [4.69, 9.17) is 0 Å². The van der Waals surface area contributed by atoms with E-state index in [1.54, 1.807) is 0 Å². The molecule has 0 atom stereocenters. The zero-order valence-electron chi connectivity index (χ0n) is 13.6. The summed E-state index contributed by atoms with van der Waals surface area (Å²) in [5.41, 5.74) is 0.349. The number of unbranched alkanes of at least 4 members (excludes halogenated alkanes) is 1. The predicted octanol–water partition coefficient (Wildman–Crippen LogP) is 3.40. The van der Waals surface area contributed by atoms with Gasteiger partial charge in [0.05, 0.1) is 0 Å². The van der Waals surface area contributed by atoms with E-state index >= 15 is 0 Å². The van der Waals surface area contributed by atoms with Gasteiger partial charge in [-0.05, 0) is 56.9 Å². The largest absolute Gasteiger partial charge is 0.319 e. The maximum atomic E-state index is 11.3. The topological polar surface area (TPSA) is 46.2 Å². The van der Waals surface area contributed by atoms with Gasteiger partial charge in [-0.15, -0.1) is 0 Å². The van der Waals surface area contributed by atoms with E-state index in [9.17, 15) is 8.42 Å². The Bertz CT molecular complexity index is 357. The highest BCUT2D eigenvalue weighted by molar-refractivity contribution is 7.90. The van der Waals surface area contributed by atoms with Gasteiger partial charge in [-0.3, -0.25) is 0 Å². The normalized spacial score (nSPS) is 27.6. The average Bonchev–Trinajstić information content (AvgIpc) is 2.37. The summed E-state index contributed by atoms with van der Waals surface area (Å²) in [5.74, 6) is 1.26. The molecule has 0 aromatic heterocycles. The van der Waals surface area contributed by atoms with Crippen molar-refractivity contribution in [1.82, 2.24) is 5.32 Å². The van der Waals surface area contributed by atoms with Gasteiger partial charge in [-0.25, -0.2) is 8.42 Å². The van der Waals surface area contributed by atoms with E-state index < -0.39 is 9.84 Å². The van der Waals surface area contributed by atoms with Gasteiger partial charge in [-0.1, -0.05) is 26.2 Å². The maximum absolute atomic E-state index is 11.3. The Morgan fingerprint density at radius 2 is 1.85 bits per heavy atom. The molecule has 0 spiro atoms. The molecule has 0 radical (unpaired) electrons. The van der Waals surface area contributed by atoms with Gasteiger partial charge in [0.25, 0.3) is 0 Å². The molecule has 120 valence electrons. The number of nitrogens with one attached hydrogen (secondary N) is 1. The lowest BCUT2D eigenvalue weighted by molar-refractivity contribution is 0.129. The van der Waals surface area contributed by atoms with Crippen LogP contribution in [0.4, 0.5) is 0 Å². The van der Waals surface area contributed by atoms with Crippen LogP contribution in [-0.2, 0) is 9.84 Å². The van der Waals surface area contributed by atoms with Gasteiger partial charge in [0, 0.05) is 18.6 Å². The van der Waals surface area contributed by atoms with Crippen LogP contribution in [0.15, 0.2) is 0 Å². The average molecular weight is 304 g/mol. The van der Waals surface area contributed by atoms with Gasteiger partial charge in [0.15, 0.2) is 0 Å². The van der Waals surface area contributed by atoms with Crippen molar-refractivity contribution >= 4 is 9.84 Å². The molecule has 1 aliphatic carbocycles. The van der Waals surface area contributed by atoms with E-state index in [0.29, 0.717) is 11.2 Å². The Morgan fingerprint density at radius 1 is 1.20 bits per heavy atom. The molecule has 0 aliphatic heterocycles. The lowest BCUT2D eigenvalue weighted by Gasteiger charge is -2.40. The Balaban J connectivity index is 2.44. The minimum Gasteiger partial charge on any atom is -0.319 e. The second-order valence-electron chi connectivity index (χ2n) is 6.85. The van der Waals surface area contributed by atoms with Crippen molar-refractivity contribution in [2.75, 3.05) is 25.6 Å². The smallest absolute Gasteiger partial charge is 0.147 e. The van der Waals surface area contributed by atoms with Crippen molar-refractivity contribution in [3.8, 4) is 0 Å². The minimum absolute atomic E-state index is 0.345. The van der Waals surface area contributed by atoms with Crippen LogP contribution in [0, 0.1) is 11.3 Å². The minimum atomic E-state index is -2.81. The van der Waals surface area contributed by atoms with Crippen LogP contribution in [-0.4, -0.2) is 34.0 Å². The maximum Gasteiger partial charge on any atom is 0.147 e. The second-order valence-corrected chi connectivity index (χ2v) is 9.11. The lowest BCUT2D eigenvalue weighted by atomic mass is 9.67. The molecule has 20 heavy (non-hydrogen) atoms. The van der Waals surface area contributed by atoms with Crippen LogP contribution < -0.4 is 5.32 Å². The summed E-state index contributed by atoms with van der Waals surface area (Å²) < 4.78 is 22.6. The third-order valence-corrected chi connectivity index (χ3v) is 5.94. The first-order valence-electron chi connectivity index (χ1n) is 8.23. The third kappa shape index (κ3) is 6.57. The molecule has 1 rings (SSSR count). The van der Waals surface area contributed by atoms with Crippen molar-refractivity contribution < 1.29 is 8.42 Å². The highest BCUT2D eigenvalue weighted by Crippen LogP contribution is 2.43. The van der Waals surface area contributed by atoms with Crippen molar-refractivity contribution in [3.05, 3.63) is 0 Å². The second kappa shape index (κ2) is 8.38. The van der Waals surface area contributed by atoms with E-state index in [2.05, 4.69) is 12.2 Å². The first-order chi connectivity index (χ1) is 9.41. The van der Waals surface area contributed by atoms with E-state index in [0.717, 1.165) is 25.3 Å². The van der Waals surface area contributed by atoms with Crippen molar-refractivity contribution in [2.24, 2.45) is 11.3 Å². The number of hydrogen-bond donors (Lipinski definition) is 1. The molecule has 0 bridgehead atoms. The van der Waals surface area contributed by atoms with E-state index in [1.807, 2.05) is 7.05 Å². The summed E-state index contributed by atoms with van der Waals surface area (Å²) >= 11 is 0. The molecular formula is C16H33NO2S. The fourth-order valence-electron chi connectivity index (χ4n) is 3.67. The third-order valence-electron chi connectivity index (χ3n) is 4.91. The van der Waals surface area contributed by atoms with Crippen LogP contribution in [0.5, 0.6) is 0 Å². The molecule has 0 aromatic rings. The molecular weight excluding hydrogens is 270 g/mol. The summed E-state index contributed by atoms with van der Waals surface area (Å²) in [6, 6.07) is 0. The molecule has 0 saturated heterocycles. The quantitative estimate of drug-likeness (QED) is 0.710. The van der Waals surface area contributed by atoms with Crippen LogP contribution in [0.2, 0.25) is 0 Å². The van der Waals surface area contributed by atoms with Crippen LogP contribution in [0.3, 0.4) is 0 Å². The molecule has 0 aromatic carbocycles. The van der Waals surface area contributed by atoms with Crippen LogP contribution >= 0.6 is 0 Å². The monoisotopic (exact) mass is 303 g/mol. The highest BCUT2D eigenvalue weighted by Gasteiger charge is 2.34. The number of hydrogen-bond acceptors (Lipinski definition) is 3. The summed E-state index contributed by atoms with van der Waals surface area (Å²) in [5, 5.41) is 3.33. The molecule has 0 amide bonds. The van der Waals surface area contributed by atoms with Crippen molar-refractivity contribution in [1.29, 1.82) is 0 Å². The van der Waals surface area contributed by atoms with Gasteiger partial charge >= 0.3 is 0 Å². The standard InChI is InChI=1S/C16H33NO2S/c1-4-5-7-15-8-11-16(12-9-15,14-17-2)10-6-13-20(3,18)19/h15,17H,4-14H2,1-3H3. The van der Waals surface area contributed by atoms with Gasteiger partial charge < -0.3 is 5.32 Å². The Hall–Kier alpha value is -0.0900. The van der Waals surface area contributed by atoms with Gasteiger partial charge in [-0.2, -0.15) is 0 Å². The predicted molar refractivity (Wildman–Crippen MR) is 86.8 cm³/mol. The summed E-state index contributed by atoms with van der Waals surface area (Å²) in [4.78, 5) is 0. The summed E-state index contributed by atoms with van der Waals surface area (Å²) in [6.45, 7) is 3.30. The van der Waals surface area contributed by atoms with Gasteiger partial charge in [0.1, 0.15) is 9.84 Å². The molecule has 1 N–H and O–H groups in total. The number of rotatable bonds is 9.